The van der Waals surface area contributed by atoms with Crippen LogP contribution in [0.5, 0.6) is 0 Å². The van der Waals surface area contributed by atoms with Crippen LogP contribution in [0.4, 0.5) is 4.39 Å². The van der Waals surface area contributed by atoms with Crippen molar-refractivity contribution in [3.63, 3.8) is 0 Å². The van der Waals surface area contributed by atoms with Crippen molar-refractivity contribution in [2.75, 3.05) is 6.54 Å². The molecule has 1 N–H and O–H groups in total. The lowest BCUT2D eigenvalue weighted by atomic mass is 9.86. The van der Waals surface area contributed by atoms with Crippen molar-refractivity contribution in [2.24, 2.45) is 5.92 Å². The maximum absolute atomic E-state index is 14.0. The lowest BCUT2D eigenvalue weighted by molar-refractivity contribution is 0.310. The van der Waals surface area contributed by atoms with Gasteiger partial charge in [0.25, 0.3) is 0 Å². The van der Waals surface area contributed by atoms with Gasteiger partial charge in [0.15, 0.2) is 0 Å². The Labute approximate surface area is 127 Å². The van der Waals surface area contributed by atoms with Gasteiger partial charge in [-0.1, -0.05) is 51.3 Å². The van der Waals surface area contributed by atoms with Crippen LogP contribution in [0.25, 0.3) is 0 Å². The molecule has 114 valence electrons. The Morgan fingerprint density at radius 2 is 1.80 bits per heavy atom. The summed E-state index contributed by atoms with van der Waals surface area (Å²) < 4.78 is 14.0. The molecule has 0 saturated heterocycles. The molecule has 0 heterocycles. The third kappa shape index (κ3) is 5.41. The molecular formula is C17H27ClFN. The van der Waals surface area contributed by atoms with E-state index in [9.17, 15) is 4.39 Å². The second-order valence-corrected chi connectivity index (χ2v) is 5.88. The van der Waals surface area contributed by atoms with E-state index >= 15 is 0 Å². The summed E-state index contributed by atoms with van der Waals surface area (Å²) in [5.74, 6) is 0.423. The Morgan fingerprint density at radius 1 is 1.15 bits per heavy atom. The fourth-order valence-electron chi connectivity index (χ4n) is 2.88. The summed E-state index contributed by atoms with van der Waals surface area (Å²) in [4.78, 5) is 0. The average molecular weight is 300 g/mol. The lowest BCUT2D eigenvalue weighted by Gasteiger charge is -2.28. The van der Waals surface area contributed by atoms with Crippen molar-refractivity contribution < 1.29 is 4.39 Å². The zero-order valence-corrected chi connectivity index (χ0v) is 13.6. The predicted molar refractivity (Wildman–Crippen MR) is 85.9 cm³/mol. The minimum Gasteiger partial charge on any atom is -0.314 e. The van der Waals surface area contributed by atoms with Crippen molar-refractivity contribution in [3.05, 3.63) is 34.6 Å². The SMILES string of the molecule is CCCC(CCC)C(Cc1ccc(Cl)cc1F)NCC. The molecule has 0 bridgehead atoms. The molecule has 1 nitrogen and oxygen atoms in total. The Morgan fingerprint density at radius 3 is 2.30 bits per heavy atom. The first-order chi connectivity index (χ1) is 9.62. The summed E-state index contributed by atoms with van der Waals surface area (Å²) in [6.45, 7) is 7.47. The van der Waals surface area contributed by atoms with Crippen molar-refractivity contribution in [1.29, 1.82) is 0 Å². The first-order valence-electron chi connectivity index (χ1n) is 7.79. The van der Waals surface area contributed by atoms with Gasteiger partial charge in [0.1, 0.15) is 5.82 Å². The zero-order valence-electron chi connectivity index (χ0n) is 12.9. The van der Waals surface area contributed by atoms with Gasteiger partial charge in [0.05, 0.1) is 0 Å². The van der Waals surface area contributed by atoms with Crippen LogP contribution in [-0.2, 0) is 6.42 Å². The summed E-state index contributed by atoms with van der Waals surface area (Å²) in [7, 11) is 0. The summed E-state index contributed by atoms with van der Waals surface area (Å²) >= 11 is 5.82. The Hall–Kier alpha value is -0.600. The van der Waals surface area contributed by atoms with E-state index in [0.29, 0.717) is 17.0 Å². The molecule has 1 aromatic rings. The van der Waals surface area contributed by atoms with Crippen LogP contribution in [-0.4, -0.2) is 12.6 Å². The van der Waals surface area contributed by atoms with E-state index in [2.05, 4.69) is 26.1 Å². The average Bonchev–Trinajstić information content (AvgIpc) is 2.41. The zero-order chi connectivity index (χ0) is 15.0. The molecule has 0 amide bonds. The molecule has 0 aliphatic carbocycles. The van der Waals surface area contributed by atoms with Crippen LogP contribution < -0.4 is 5.32 Å². The quantitative estimate of drug-likeness (QED) is 0.659. The highest BCUT2D eigenvalue weighted by Gasteiger charge is 2.21. The highest BCUT2D eigenvalue weighted by atomic mass is 35.5. The molecule has 0 spiro atoms. The number of rotatable bonds is 9. The molecule has 0 aliphatic rings. The van der Waals surface area contributed by atoms with Crippen molar-refractivity contribution >= 4 is 11.6 Å². The number of likely N-dealkylation sites (N-methyl/N-ethyl adjacent to an activating group) is 1. The minimum atomic E-state index is -0.188. The second-order valence-electron chi connectivity index (χ2n) is 5.44. The number of nitrogens with one attached hydrogen (secondary N) is 1. The van der Waals surface area contributed by atoms with Gasteiger partial charge in [-0.05, 0) is 49.4 Å². The van der Waals surface area contributed by atoms with E-state index in [1.54, 1.807) is 6.07 Å². The smallest absolute Gasteiger partial charge is 0.127 e. The maximum atomic E-state index is 14.0. The second kappa shape index (κ2) is 9.36. The normalized spacial score (nSPS) is 12.9. The topological polar surface area (TPSA) is 12.0 Å². The van der Waals surface area contributed by atoms with E-state index in [0.717, 1.165) is 18.5 Å². The summed E-state index contributed by atoms with van der Waals surface area (Å²) in [6.07, 6.45) is 5.48. The van der Waals surface area contributed by atoms with Gasteiger partial charge in [-0.2, -0.15) is 0 Å². The molecule has 0 saturated carbocycles. The van der Waals surface area contributed by atoms with Crippen molar-refractivity contribution in [2.45, 2.75) is 58.9 Å². The van der Waals surface area contributed by atoms with E-state index < -0.39 is 0 Å². The number of hydrogen-bond donors (Lipinski definition) is 1. The molecule has 0 radical (unpaired) electrons. The molecule has 0 aromatic heterocycles. The molecule has 0 fully saturated rings. The van der Waals surface area contributed by atoms with Gasteiger partial charge >= 0.3 is 0 Å². The first-order valence-corrected chi connectivity index (χ1v) is 8.17. The molecule has 3 heteroatoms. The molecule has 1 unspecified atom stereocenters. The van der Waals surface area contributed by atoms with Crippen LogP contribution in [0.1, 0.15) is 52.0 Å². The van der Waals surface area contributed by atoms with Gasteiger partial charge in [-0.25, -0.2) is 4.39 Å². The van der Waals surface area contributed by atoms with E-state index in [-0.39, 0.29) is 5.82 Å². The van der Waals surface area contributed by atoms with Crippen LogP contribution in [0.15, 0.2) is 18.2 Å². The minimum absolute atomic E-state index is 0.188. The summed E-state index contributed by atoms with van der Waals surface area (Å²) in [6, 6.07) is 5.35. The molecule has 1 aromatic carbocycles. The number of halogens is 2. The number of hydrogen-bond acceptors (Lipinski definition) is 1. The Kier molecular flexibility index (Phi) is 8.16. The largest absolute Gasteiger partial charge is 0.314 e. The van der Waals surface area contributed by atoms with Crippen molar-refractivity contribution in [1.82, 2.24) is 5.32 Å². The third-order valence-corrected chi connectivity index (χ3v) is 4.04. The highest BCUT2D eigenvalue weighted by Crippen LogP contribution is 2.23. The molecule has 0 aliphatic heterocycles. The maximum Gasteiger partial charge on any atom is 0.127 e. The monoisotopic (exact) mass is 299 g/mol. The van der Waals surface area contributed by atoms with Gasteiger partial charge in [-0.15, -0.1) is 0 Å². The van der Waals surface area contributed by atoms with E-state index in [4.69, 9.17) is 11.6 Å². The number of benzene rings is 1. The van der Waals surface area contributed by atoms with Crippen LogP contribution in [0.2, 0.25) is 5.02 Å². The fourth-order valence-corrected chi connectivity index (χ4v) is 3.04. The summed E-state index contributed by atoms with van der Waals surface area (Å²) in [5.41, 5.74) is 0.762. The van der Waals surface area contributed by atoms with Gasteiger partial charge < -0.3 is 5.32 Å². The van der Waals surface area contributed by atoms with E-state index in [1.165, 1.54) is 31.7 Å². The first kappa shape index (κ1) is 17.5. The molecule has 1 rings (SSSR count). The summed E-state index contributed by atoms with van der Waals surface area (Å²) in [5, 5.41) is 4.01. The highest BCUT2D eigenvalue weighted by molar-refractivity contribution is 6.30. The van der Waals surface area contributed by atoms with Crippen LogP contribution >= 0.6 is 11.6 Å². The molecule has 20 heavy (non-hydrogen) atoms. The fraction of sp³-hybridized carbons (Fsp3) is 0.647. The van der Waals surface area contributed by atoms with Crippen molar-refractivity contribution in [3.8, 4) is 0 Å². The third-order valence-electron chi connectivity index (χ3n) is 3.81. The molecule has 1 atom stereocenters. The molecular weight excluding hydrogens is 273 g/mol. The standard InChI is InChI=1S/C17H27ClFN/c1-4-7-13(8-5-2)17(20-6-3)11-14-9-10-15(18)12-16(14)19/h9-10,12-13,17,20H,4-8,11H2,1-3H3. The van der Waals surface area contributed by atoms with Crippen LogP contribution in [0.3, 0.4) is 0 Å². The van der Waals surface area contributed by atoms with Crippen LogP contribution in [0, 0.1) is 11.7 Å². The van der Waals surface area contributed by atoms with Gasteiger partial charge in [0, 0.05) is 11.1 Å². The van der Waals surface area contributed by atoms with Gasteiger partial charge in [0.2, 0.25) is 0 Å². The van der Waals surface area contributed by atoms with Gasteiger partial charge in [-0.3, -0.25) is 0 Å². The Bertz CT molecular complexity index is 389. The van der Waals surface area contributed by atoms with E-state index in [1.807, 2.05) is 6.07 Å². The predicted octanol–water partition coefficient (Wildman–Crippen LogP) is 5.22. The Balaban J connectivity index is 2.83. The lowest BCUT2D eigenvalue weighted by Crippen LogP contribution is -2.38.